The van der Waals surface area contributed by atoms with Crippen molar-refractivity contribution in [1.29, 1.82) is 0 Å². The Balaban J connectivity index is 1.45. The average Bonchev–Trinajstić information content (AvgIpc) is 3.56. The zero-order chi connectivity index (χ0) is 30.2. The van der Waals surface area contributed by atoms with E-state index in [0.29, 0.717) is 30.0 Å². The van der Waals surface area contributed by atoms with Gasteiger partial charge in [0.05, 0.1) is 36.4 Å². The van der Waals surface area contributed by atoms with Crippen LogP contribution in [0.3, 0.4) is 0 Å². The van der Waals surface area contributed by atoms with Crippen LogP contribution in [0.5, 0.6) is 5.75 Å². The van der Waals surface area contributed by atoms with E-state index in [2.05, 4.69) is 30.5 Å². The number of nitrogens with one attached hydrogen (secondary N) is 1. The van der Waals surface area contributed by atoms with Gasteiger partial charge in [-0.2, -0.15) is 18.3 Å². The Morgan fingerprint density at radius 1 is 1.07 bits per heavy atom. The van der Waals surface area contributed by atoms with Crippen molar-refractivity contribution in [2.24, 2.45) is 7.05 Å². The summed E-state index contributed by atoms with van der Waals surface area (Å²) in [6, 6.07) is 7.01. The van der Waals surface area contributed by atoms with Crippen LogP contribution < -0.4 is 10.1 Å². The zero-order valence-corrected chi connectivity index (χ0v) is 24.2. The van der Waals surface area contributed by atoms with Gasteiger partial charge in [0, 0.05) is 62.2 Å². The Bertz CT molecular complexity index is 1600. The van der Waals surface area contributed by atoms with E-state index < -0.39 is 17.6 Å². The van der Waals surface area contributed by atoms with E-state index in [4.69, 9.17) is 4.74 Å². The van der Waals surface area contributed by atoms with E-state index in [-0.39, 0.29) is 23.5 Å². The number of methoxy groups -OCH3 is 1. The van der Waals surface area contributed by atoms with E-state index in [1.165, 1.54) is 7.11 Å². The molecular weight excluding hydrogens is 549 g/mol. The monoisotopic (exact) mass is 582 g/mol. The predicted molar refractivity (Wildman–Crippen MR) is 152 cm³/mol. The molecule has 1 amide bonds. The molecule has 0 unspecified atom stereocenters. The molecule has 1 fully saturated rings. The minimum atomic E-state index is -4.60. The van der Waals surface area contributed by atoms with E-state index in [0.717, 1.165) is 42.0 Å². The van der Waals surface area contributed by atoms with E-state index >= 15 is 0 Å². The molecule has 0 saturated carbocycles. The number of ether oxygens (including phenoxy) is 1. The van der Waals surface area contributed by atoms with Gasteiger partial charge in [0.1, 0.15) is 11.4 Å². The van der Waals surface area contributed by atoms with Crippen LogP contribution >= 0.6 is 0 Å². The molecule has 222 valence electrons. The van der Waals surface area contributed by atoms with Crippen molar-refractivity contribution in [3.8, 4) is 22.7 Å². The standard InChI is InChI=1S/C29H33F3N8O2/c1-18-6-7-20(13-26(18)40-17-25(35-36-40)23-15-33-38(4)19(23)2)28(41)34-24-14-22(29(30,31)32)12-21(27(24)42-5)16-39-10-8-37(3)9-11-39/h6-7,12-15,17H,8-11,16H2,1-5H3,(H,34,41). The molecular formula is C29H33F3N8O2. The number of anilines is 1. The molecule has 2 aromatic carbocycles. The maximum atomic E-state index is 13.9. The lowest BCUT2D eigenvalue weighted by atomic mass is 10.0. The highest BCUT2D eigenvalue weighted by atomic mass is 19.4. The van der Waals surface area contributed by atoms with Crippen molar-refractivity contribution in [1.82, 2.24) is 34.6 Å². The molecule has 1 N–H and O–H groups in total. The first-order chi connectivity index (χ1) is 19.9. The molecule has 1 aliphatic heterocycles. The van der Waals surface area contributed by atoms with Gasteiger partial charge in [-0.05, 0) is 50.7 Å². The van der Waals surface area contributed by atoms with Crippen molar-refractivity contribution in [3.05, 3.63) is 70.7 Å². The first kappa shape index (κ1) is 29.3. The molecule has 0 radical (unpaired) electrons. The van der Waals surface area contributed by atoms with Crippen LogP contribution in [0.2, 0.25) is 0 Å². The lowest BCUT2D eigenvalue weighted by Crippen LogP contribution is -2.43. The number of hydrogen-bond acceptors (Lipinski definition) is 7. The quantitative estimate of drug-likeness (QED) is 0.347. The Kier molecular flexibility index (Phi) is 8.06. The summed E-state index contributed by atoms with van der Waals surface area (Å²) in [5.41, 5.74) is 3.52. The highest BCUT2D eigenvalue weighted by Gasteiger charge is 2.33. The Hall–Kier alpha value is -4.23. The summed E-state index contributed by atoms with van der Waals surface area (Å²) in [6.45, 7) is 7.13. The molecule has 4 aromatic rings. The number of alkyl halides is 3. The smallest absolute Gasteiger partial charge is 0.416 e. The van der Waals surface area contributed by atoms with Crippen molar-refractivity contribution < 1.29 is 22.7 Å². The first-order valence-electron chi connectivity index (χ1n) is 13.5. The largest absolute Gasteiger partial charge is 0.494 e. The third kappa shape index (κ3) is 6.02. The molecule has 1 saturated heterocycles. The van der Waals surface area contributed by atoms with Crippen molar-refractivity contribution in [2.75, 3.05) is 45.7 Å². The summed E-state index contributed by atoms with van der Waals surface area (Å²) in [5.74, 6) is -0.377. The summed E-state index contributed by atoms with van der Waals surface area (Å²) in [5, 5.41) is 15.4. The van der Waals surface area contributed by atoms with Gasteiger partial charge in [0.15, 0.2) is 0 Å². The number of aryl methyl sites for hydroxylation is 2. The van der Waals surface area contributed by atoms with Gasteiger partial charge in [-0.3, -0.25) is 14.4 Å². The van der Waals surface area contributed by atoms with Gasteiger partial charge < -0.3 is 15.0 Å². The molecule has 1 aliphatic rings. The normalized spacial score (nSPS) is 14.8. The van der Waals surface area contributed by atoms with Crippen LogP contribution in [-0.2, 0) is 19.8 Å². The summed E-state index contributed by atoms with van der Waals surface area (Å²) in [6.07, 6.45) is -1.15. The minimum Gasteiger partial charge on any atom is -0.494 e. The fourth-order valence-corrected chi connectivity index (χ4v) is 5.00. The number of likely N-dealkylation sites (N-methyl/N-ethyl adjacent to an activating group) is 1. The Morgan fingerprint density at radius 2 is 1.81 bits per heavy atom. The second-order valence-electron chi connectivity index (χ2n) is 10.6. The third-order valence-corrected chi connectivity index (χ3v) is 7.66. The molecule has 10 nitrogen and oxygen atoms in total. The second kappa shape index (κ2) is 11.6. The topological polar surface area (TPSA) is 93.3 Å². The fourth-order valence-electron chi connectivity index (χ4n) is 5.00. The lowest BCUT2D eigenvalue weighted by Gasteiger charge is -2.33. The average molecular weight is 583 g/mol. The number of piperazine rings is 1. The van der Waals surface area contributed by atoms with Crippen LogP contribution in [0.25, 0.3) is 16.9 Å². The van der Waals surface area contributed by atoms with Crippen LogP contribution in [-0.4, -0.2) is 80.8 Å². The first-order valence-corrected chi connectivity index (χ1v) is 13.5. The lowest BCUT2D eigenvalue weighted by molar-refractivity contribution is -0.137. The second-order valence-corrected chi connectivity index (χ2v) is 10.6. The Morgan fingerprint density at radius 3 is 2.45 bits per heavy atom. The van der Waals surface area contributed by atoms with E-state index in [1.54, 1.807) is 40.0 Å². The number of amides is 1. The van der Waals surface area contributed by atoms with E-state index in [1.807, 2.05) is 27.9 Å². The maximum absolute atomic E-state index is 13.9. The summed E-state index contributed by atoms with van der Waals surface area (Å²) in [4.78, 5) is 17.7. The molecule has 2 aromatic heterocycles. The van der Waals surface area contributed by atoms with Crippen molar-refractivity contribution in [3.63, 3.8) is 0 Å². The predicted octanol–water partition coefficient (Wildman–Crippen LogP) is 4.31. The molecule has 0 spiro atoms. The number of rotatable bonds is 7. The van der Waals surface area contributed by atoms with Gasteiger partial charge in [-0.15, -0.1) is 5.10 Å². The highest BCUT2D eigenvalue weighted by molar-refractivity contribution is 6.05. The SMILES string of the molecule is COc1c(CN2CCN(C)CC2)cc(C(F)(F)F)cc1NC(=O)c1ccc(C)c(-n2cc(-c3cnn(C)c3C)nn2)c1. The number of benzene rings is 2. The number of carbonyl (C=O) groups excluding carboxylic acids is 1. The number of aromatic nitrogens is 5. The number of nitrogens with zero attached hydrogens (tertiary/aromatic N) is 7. The van der Waals surface area contributed by atoms with Crippen LogP contribution in [0.4, 0.5) is 18.9 Å². The minimum absolute atomic E-state index is 0.0429. The molecule has 5 rings (SSSR count). The summed E-state index contributed by atoms with van der Waals surface area (Å²) < 4.78 is 50.6. The molecule has 13 heteroatoms. The van der Waals surface area contributed by atoms with Crippen molar-refractivity contribution in [2.45, 2.75) is 26.6 Å². The summed E-state index contributed by atoms with van der Waals surface area (Å²) in [7, 11) is 5.24. The van der Waals surface area contributed by atoms with Gasteiger partial charge in [0.25, 0.3) is 5.91 Å². The molecule has 0 aliphatic carbocycles. The molecule has 42 heavy (non-hydrogen) atoms. The van der Waals surface area contributed by atoms with Crippen molar-refractivity contribution >= 4 is 11.6 Å². The number of hydrogen-bond donors (Lipinski definition) is 1. The van der Waals surface area contributed by atoms with Gasteiger partial charge in [0.2, 0.25) is 0 Å². The highest BCUT2D eigenvalue weighted by Crippen LogP contribution is 2.39. The zero-order valence-electron chi connectivity index (χ0n) is 24.2. The molecule has 0 bridgehead atoms. The maximum Gasteiger partial charge on any atom is 0.416 e. The molecule has 3 heterocycles. The third-order valence-electron chi connectivity index (χ3n) is 7.66. The van der Waals surface area contributed by atoms with Crippen LogP contribution in [0.15, 0.2) is 42.7 Å². The van der Waals surface area contributed by atoms with Gasteiger partial charge in [-0.1, -0.05) is 11.3 Å². The van der Waals surface area contributed by atoms with Gasteiger partial charge in [-0.25, -0.2) is 4.68 Å². The van der Waals surface area contributed by atoms with Crippen LogP contribution in [0, 0.1) is 13.8 Å². The molecule has 0 atom stereocenters. The number of carbonyl (C=O) groups is 1. The number of halogens is 3. The van der Waals surface area contributed by atoms with Gasteiger partial charge >= 0.3 is 6.18 Å². The van der Waals surface area contributed by atoms with Crippen LogP contribution in [0.1, 0.15) is 32.7 Å². The fraction of sp³-hybridized carbons (Fsp3) is 0.379. The summed E-state index contributed by atoms with van der Waals surface area (Å²) >= 11 is 0. The van der Waals surface area contributed by atoms with E-state index in [9.17, 15) is 18.0 Å². The Labute approximate surface area is 241 Å².